The van der Waals surface area contributed by atoms with Crippen molar-refractivity contribution in [2.45, 2.75) is 30.4 Å². The van der Waals surface area contributed by atoms with Crippen LogP contribution in [-0.2, 0) is 9.09 Å². The largest absolute Gasteiger partial charge is 0.469 e. The SMILES string of the molecule is O=P(O)(O)OCCC(F)(F)C(F)(F)C(F)(F)C(F)(F)F. The van der Waals surface area contributed by atoms with Crippen LogP contribution < -0.4 is 0 Å². The Bertz CT molecular complexity index is 386. The van der Waals surface area contributed by atoms with Crippen molar-refractivity contribution in [2.75, 3.05) is 6.61 Å². The van der Waals surface area contributed by atoms with E-state index < -0.39 is 44.8 Å². The quantitative estimate of drug-likeness (QED) is 0.574. The van der Waals surface area contributed by atoms with Gasteiger partial charge >= 0.3 is 31.8 Å². The Kier molecular flexibility index (Phi) is 5.21. The minimum Gasteiger partial charge on any atom is -0.303 e. The molecule has 2 N–H and O–H groups in total. The third-order valence-corrected chi connectivity index (χ3v) is 2.40. The lowest BCUT2D eigenvalue weighted by Gasteiger charge is -2.33. The fraction of sp³-hybridized carbons (Fsp3) is 1.00. The van der Waals surface area contributed by atoms with Gasteiger partial charge in [-0.1, -0.05) is 0 Å². The number of hydrogen-bond donors (Lipinski definition) is 2. The lowest BCUT2D eigenvalue weighted by atomic mass is 10.0. The Morgan fingerprint density at radius 1 is 0.850 bits per heavy atom. The predicted molar refractivity (Wildman–Crippen MR) is 43.5 cm³/mol. The van der Waals surface area contributed by atoms with Gasteiger partial charge in [-0.05, 0) is 0 Å². The molecule has 0 aromatic rings. The van der Waals surface area contributed by atoms with Crippen molar-refractivity contribution in [3.63, 3.8) is 0 Å². The van der Waals surface area contributed by atoms with Gasteiger partial charge in [0.05, 0.1) is 6.61 Å². The van der Waals surface area contributed by atoms with E-state index in [2.05, 4.69) is 4.52 Å². The summed E-state index contributed by atoms with van der Waals surface area (Å²) in [5.74, 6) is -19.8. The van der Waals surface area contributed by atoms with Crippen molar-refractivity contribution in [3.05, 3.63) is 0 Å². The zero-order chi connectivity index (χ0) is 16.6. The maximum absolute atomic E-state index is 12.7. The summed E-state index contributed by atoms with van der Waals surface area (Å²) >= 11 is 0. The molecular formula is C6H6F9O4P. The van der Waals surface area contributed by atoms with Gasteiger partial charge in [0, 0.05) is 6.42 Å². The van der Waals surface area contributed by atoms with Crippen LogP contribution in [0.3, 0.4) is 0 Å². The van der Waals surface area contributed by atoms with Crippen LogP contribution in [0, 0.1) is 0 Å². The minimum atomic E-state index is -7.04. The number of alkyl halides is 9. The molecule has 0 aliphatic heterocycles. The van der Waals surface area contributed by atoms with Crippen LogP contribution >= 0.6 is 7.82 Å². The van der Waals surface area contributed by atoms with Crippen LogP contribution in [0.5, 0.6) is 0 Å². The van der Waals surface area contributed by atoms with E-state index in [0.29, 0.717) is 0 Å². The first kappa shape index (κ1) is 19.5. The molecule has 0 aromatic heterocycles. The maximum Gasteiger partial charge on any atom is 0.469 e. The molecule has 0 amide bonds. The Hall–Kier alpha value is -0.520. The van der Waals surface area contributed by atoms with E-state index in [1.165, 1.54) is 0 Å². The molecule has 0 atom stereocenters. The van der Waals surface area contributed by atoms with Gasteiger partial charge in [-0.15, -0.1) is 0 Å². The first-order valence-electron chi connectivity index (χ1n) is 4.36. The Morgan fingerprint density at radius 3 is 1.55 bits per heavy atom. The zero-order valence-corrected chi connectivity index (χ0v) is 9.87. The first-order chi connectivity index (χ1) is 8.46. The molecule has 0 spiro atoms. The smallest absolute Gasteiger partial charge is 0.303 e. The summed E-state index contributed by atoms with van der Waals surface area (Å²) in [6, 6.07) is 0. The summed E-state index contributed by atoms with van der Waals surface area (Å²) in [4.78, 5) is 16.1. The Labute approximate surface area is 104 Å². The predicted octanol–water partition coefficient (Wildman–Crippen LogP) is 2.95. The van der Waals surface area contributed by atoms with Gasteiger partial charge in [-0.2, -0.15) is 39.5 Å². The van der Waals surface area contributed by atoms with E-state index in [4.69, 9.17) is 9.79 Å². The van der Waals surface area contributed by atoms with Gasteiger partial charge in [0.15, 0.2) is 0 Å². The van der Waals surface area contributed by atoms with Crippen molar-refractivity contribution in [3.8, 4) is 0 Å². The molecule has 0 radical (unpaired) electrons. The number of rotatable bonds is 6. The van der Waals surface area contributed by atoms with E-state index in [1.54, 1.807) is 0 Å². The number of phosphoric acid groups is 1. The molecule has 0 aliphatic carbocycles. The van der Waals surface area contributed by atoms with Gasteiger partial charge in [0.25, 0.3) is 0 Å². The van der Waals surface area contributed by atoms with Crippen LogP contribution in [0.25, 0.3) is 0 Å². The van der Waals surface area contributed by atoms with E-state index in [-0.39, 0.29) is 0 Å². The van der Waals surface area contributed by atoms with Crippen LogP contribution in [-0.4, -0.2) is 40.3 Å². The molecule has 14 heteroatoms. The molecular weight excluding hydrogens is 338 g/mol. The van der Waals surface area contributed by atoms with Crippen LogP contribution in [0.1, 0.15) is 6.42 Å². The molecule has 0 heterocycles. The van der Waals surface area contributed by atoms with Gasteiger partial charge in [0.2, 0.25) is 0 Å². The van der Waals surface area contributed by atoms with E-state index in [9.17, 15) is 44.1 Å². The monoisotopic (exact) mass is 344 g/mol. The van der Waals surface area contributed by atoms with E-state index in [0.717, 1.165) is 0 Å². The van der Waals surface area contributed by atoms with Crippen molar-refractivity contribution in [1.82, 2.24) is 0 Å². The maximum atomic E-state index is 12.7. The van der Waals surface area contributed by atoms with E-state index in [1.807, 2.05) is 0 Å². The molecule has 0 unspecified atom stereocenters. The van der Waals surface area contributed by atoms with Crippen molar-refractivity contribution >= 4 is 7.82 Å². The summed E-state index contributed by atoms with van der Waals surface area (Å²) in [5.41, 5.74) is 0. The lowest BCUT2D eigenvalue weighted by Crippen LogP contribution is -2.61. The van der Waals surface area contributed by atoms with Crippen LogP contribution in [0.15, 0.2) is 0 Å². The van der Waals surface area contributed by atoms with Gasteiger partial charge in [-0.3, -0.25) is 4.52 Å². The summed E-state index contributed by atoms with van der Waals surface area (Å²) in [5, 5.41) is 0. The minimum absolute atomic E-state index is 1.86. The Balaban J connectivity index is 5.12. The molecule has 0 fully saturated rings. The molecule has 0 aliphatic rings. The van der Waals surface area contributed by atoms with Crippen molar-refractivity contribution < 1.29 is 58.4 Å². The summed E-state index contributed by atoms with van der Waals surface area (Å²) < 4.78 is 124. The zero-order valence-electron chi connectivity index (χ0n) is 8.97. The highest BCUT2D eigenvalue weighted by Crippen LogP contribution is 2.54. The summed E-state index contributed by atoms with van der Waals surface area (Å²) in [6.45, 7) is -1.86. The van der Waals surface area contributed by atoms with Crippen molar-refractivity contribution in [1.29, 1.82) is 0 Å². The molecule has 0 bridgehead atoms. The summed E-state index contributed by atoms with van der Waals surface area (Å²) in [7, 11) is -5.37. The molecule has 122 valence electrons. The molecule has 0 saturated heterocycles. The highest BCUT2D eigenvalue weighted by Gasteiger charge is 2.81. The lowest BCUT2D eigenvalue weighted by molar-refractivity contribution is -0.397. The highest BCUT2D eigenvalue weighted by atomic mass is 31.2. The molecule has 0 aromatic carbocycles. The van der Waals surface area contributed by atoms with Crippen LogP contribution in [0.4, 0.5) is 39.5 Å². The van der Waals surface area contributed by atoms with Crippen molar-refractivity contribution in [2.24, 2.45) is 0 Å². The normalized spacial score (nSPS) is 15.6. The standard InChI is InChI=1S/C6H6F9O4P/c7-3(8,1-2-19-20(16,17)18)4(9,10)5(11,12)6(13,14)15/h1-2H2,(H2,16,17,18). The average Bonchev–Trinajstić information content (AvgIpc) is 2.12. The second-order valence-electron chi connectivity index (χ2n) is 3.42. The van der Waals surface area contributed by atoms with Crippen LogP contribution in [0.2, 0.25) is 0 Å². The third kappa shape index (κ3) is 3.99. The van der Waals surface area contributed by atoms with Gasteiger partial charge < -0.3 is 9.79 Å². The molecule has 4 nitrogen and oxygen atoms in total. The summed E-state index contributed by atoms with van der Waals surface area (Å²) in [6.07, 6.45) is -9.40. The van der Waals surface area contributed by atoms with Gasteiger partial charge in [0.1, 0.15) is 0 Å². The number of phosphoric ester groups is 1. The second-order valence-corrected chi connectivity index (χ2v) is 4.66. The fourth-order valence-corrected chi connectivity index (χ4v) is 1.19. The number of halogens is 9. The molecule has 20 heavy (non-hydrogen) atoms. The second kappa shape index (κ2) is 5.35. The number of hydrogen-bond acceptors (Lipinski definition) is 2. The van der Waals surface area contributed by atoms with Gasteiger partial charge in [-0.25, -0.2) is 4.57 Å². The average molecular weight is 344 g/mol. The fourth-order valence-electron chi connectivity index (χ4n) is 0.857. The topological polar surface area (TPSA) is 66.8 Å². The Morgan fingerprint density at radius 2 is 1.25 bits per heavy atom. The third-order valence-electron chi connectivity index (χ3n) is 1.89. The molecule has 0 saturated carbocycles. The van der Waals surface area contributed by atoms with E-state index >= 15 is 0 Å². The first-order valence-corrected chi connectivity index (χ1v) is 5.89. The highest BCUT2D eigenvalue weighted by molar-refractivity contribution is 7.46. The molecule has 0 rings (SSSR count).